The van der Waals surface area contributed by atoms with Gasteiger partial charge in [0.25, 0.3) is 0 Å². The summed E-state index contributed by atoms with van der Waals surface area (Å²) in [7, 11) is 1.46. The van der Waals surface area contributed by atoms with Gasteiger partial charge < -0.3 is 20.6 Å². The third-order valence-electron chi connectivity index (χ3n) is 2.74. The number of carboxylic acid groups (broad SMARTS) is 1. The molecule has 7 heteroatoms. The molecule has 0 rings (SSSR count). The van der Waals surface area contributed by atoms with E-state index in [0.717, 1.165) is 0 Å². The summed E-state index contributed by atoms with van der Waals surface area (Å²) >= 11 is 0. The minimum atomic E-state index is -1.07. The van der Waals surface area contributed by atoms with Gasteiger partial charge in [0.15, 0.2) is 0 Å². The number of amides is 3. The summed E-state index contributed by atoms with van der Waals surface area (Å²) < 4.78 is 0. The molecule has 122 valence electrons. The molecule has 0 aromatic heterocycles. The minimum Gasteiger partial charge on any atom is -0.480 e. The van der Waals surface area contributed by atoms with Gasteiger partial charge in [-0.05, 0) is 18.3 Å². The summed E-state index contributed by atoms with van der Waals surface area (Å²) in [6.45, 7) is 8.14. The molecular weight excluding hydrogens is 274 g/mol. The fourth-order valence-corrected chi connectivity index (χ4v) is 1.61. The number of nitrogens with zero attached hydrogens (tertiary/aromatic N) is 1. The zero-order valence-corrected chi connectivity index (χ0v) is 13.5. The van der Waals surface area contributed by atoms with Crippen LogP contribution < -0.4 is 10.6 Å². The van der Waals surface area contributed by atoms with Crippen molar-refractivity contribution >= 4 is 17.9 Å². The molecule has 0 saturated heterocycles. The molecule has 0 radical (unpaired) electrons. The lowest BCUT2D eigenvalue weighted by molar-refractivity contribution is -0.139. The van der Waals surface area contributed by atoms with E-state index < -0.39 is 18.0 Å². The van der Waals surface area contributed by atoms with Gasteiger partial charge in [0.1, 0.15) is 12.6 Å². The van der Waals surface area contributed by atoms with Crippen LogP contribution in [0.2, 0.25) is 0 Å². The Hall–Kier alpha value is -1.79. The van der Waals surface area contributed by atoms with Crippen molar-refractivity contribution in [1.82, 2.24) is 15.5 Å². The lowest BCUT2D eigenvalue weighted by Crippen LogP contribution is -2.49. The lowest BCUT2D eigenvalue weighted by atomic mass is 10.0. The van der Waals surface area contributed by atoms with Crippen molar-refractivity contribution in [2.24, 2.45) is 11.8 Å². The minimum absolute atomic E-state index is 0.105. The Balaban J connectivity index is 4.35. The summed E-state index contributed by atoms with van der Waals surface area (Å²) in [4.78, 5) is 35.7. The number of carboxylic acids is 1. The van der Waals surface area contributed by atoms with E-state index in [0.29, 0.717) is 18.9 Å². The molecule has 3 amide bonds. The highest BCUT2D eigenvalue weighted by atomic mass is 16.4. The van der Waals surface area contributed by atoms with Crippen LogP contribution in [0.3, 0.4) is 0 Å². The summed E-state index contributed by atoms with van der Waals surface area (Å²) in [6.07, 6.45) is 0.342. The molecule has 0 aromatic rings. The Kier molecular flexibility index (Phi) is 8.42. The highest BCUT2D eigenvalue weighted by molar-refractivity contribution is 5.86. The topological polar surface area (TPSA) is 98.7 Å². The van der Waals surface area contributed by atoms with E-state index in [1.165, 1.54) is 11.9 Å². The number of hydrogen-bond acceptors (Lipinski definition) is 3. The zero-order valence-electron chi connectivity index (χ0n) is 13.5. The van der Waals surface area contributed by atoms with Crippen molar-refractivity contribution in [1.29, 1.82) is 0 Å². The Morgan fingerprint density at radius 1 is 1.10 bits per heavy atom. The van der Waals surface area contributed by atoms with E-state index in [1.54, 1.807) is 0 Å². The molecule has 0 aliphatic carbocycles. The van der Waals surface area contributed by atoms with Gasteiger partial charge in [0.2, 0.25) is 5.91 Å². The number of aliphatic carboxylic acids is 1. The molecule has 0 saturated carbocycles. The van der Waals surface area contributed by atoms with Gasteiger partial charge in [-0.1, -0.05) is 27.7 Å². The Labute approximate surface area is 126 Å². The summed E-state index contributed by atoms with van der Waals surface area (Å²) in [5.41, 5.74) is 0. The quantitative estimate of drug-likeness (QED) is 0.620. The van der Waals surface area contributed by atoms with Gasteiger partial charge in [0.05, 0.1) is 0 Å². The molecule has 0 aliphatic rings. The first-order valence-corrected chi connectivity index (χ1v) is 7.14. The molecule has 0 bridgehead atoms. The van der Waals surface area contributed by atoms with Crippen molar-refractivity contribution in [2.75, 3.05) is 20.1 Å². The van der Waals surface area contributed by atoms with Crippen LogP contribution in [0, 0.1) is 11.8 Å². The molecule has 0 fully saturated rings. The van der Waals surface area contributed by atoms with E-state index >= 15 is 0 Å². The van der Waals surface area contributed by atoms with E-state index in [2.05, 4.69) is 10.6 Å². The molecule has 7 nitrogen and oxygen atoms in total. The highest BCUT2D eigenvalue weighted by Crippen LogP contribution is 2.05. The van der Waals surface area contributed by atoms with Crippen molar-refractivity contribution in [3.8, 4) is 0 Å². The second-order valence-electron chi connectivity index (χ2n) is 6.02. The van der Waals surface area contributed by atoms with E-state index in [-0.39, 0.29) is 18.4 Å². The van der Waals surface area contributed by atoms with Crippen LogP contribution in [0.5, 0.6) is 0 Å². The molecule has 0 spiro atoms. The molecular formula is C14H27N3O4. The van der Waals surface area contributed by atoms with Crippen molar-refractivity contribution < 1.29 is 19.5 Å². The van der Waals surface area contributed by atoms with Crippen LogP contribution in [-0.2, 0) is 9.59 Å². The third kappa shape index (κ3) is 8.88. The number of carbonyl (C=O) groups excluding carboxylic acids is 2. The maximum Gasteiger partial charge on any atom is 0.326 e. The monoisotopic (exact) mass is 301 g/mol. The van der Waals surface area contributed by atoms with Crippen LogP contribution in [0.1, 0.15) is 34.1 Å². The van der Waals surface area contributed by atoms with E-state index in [4.69, 9.17) is 5.11 Å². The first-order valence-electron chi connectivity index (χ1n) is 7.14. The van der Waals surface area contributed by atoms with Gasteiger partial charge in [-0.3, -0.25) is 4.79 Å². The first kappa shape index (κ1) is 19.2. The Morgan fingerprint density at radius 2 is 1.67 bits per heavy atom. The predicted molar refractivity (Wildman–Crippen MR) is 79.9 cm³/mol. The van der Waals surface area contributed by atoms with Crippen LogP contribution in [0.4, 0.5) is 4.79 Å². The average Bonchev–Trinajstić information content (AvgIpc) is 2.34. The van der Waals surface area contributed by atoms with Crippen LogP contribution in [0.25, 0.3) is 0 Å². The van der Waals surface area contributed by atoms with Gasteiger partial charge >= 0.3 is 12.0 Å². The number of likely N-dealkylation sites (N-methyl/N-ethyl adjacent to an activating group) is 1. The Morgan fingerprint density at radius 3 is 2.10 bits per heavy atom. The largest absolute Gasteiger partial charge is 0.480 e. The second kappa shape index (κ2) is 9.20. The smallest absolute Gasteiger partial charge is 0.326 e. The fraction of sp³-hybridized carbons (Fsp3) is 0.786. The maximum atomic E-state index is 11.9. The molecule has 0 aliphatic heterocycles. The van der Waals surface area contributed by atoms with Crippen molar-refractivity contribution in [3.05, 3.63) is 0 Å². The predicted octanol–water partition coefficient (Wildman–Crippen LogP) is 0.899. The zero-order chi connectivity index (χ0) is 16.6. The standard InChI is InChI=1S/C14H27N3O4/c1-9(2)6-11(13(19)20)16-14(21)17(5)8-12(18)15-7-10(3)4/h9-11H,6-8H2,1-5H3,(H,15,18)(H,16,21)(H,19,20)/t11-/m1/s1. The number of hydrogen-bond donors (Lipinski definition) is 3. The number of rotatable bonds is 8. The maximum absolute atomic E-state index is 11.9. The summed E-state index contributed by atoms with van der Waals surface area (Å²) in [5.74, 6) is -0.867. The molecule has 1 atom stereocenters. The fourth-order valence-electron chi connectivity index (χ4n) is 1.61. The highest BCUT2D eigenvalue weighted by Gasteiger charge is 2.23. The summed E-state index contributed by atoms with van der Waals surface area (Å²) in [5, 5.41) is 14.2. The Bertz CT molecular complexity index is 369. The molecule has 21 heavy (non-hydrogen) atoms. The van der Waals surface area contributed by atoms with Crippen molar-refractivity contribution in [3.63, 3.8) is 0 Å². The van der Waals surface area contributed by atoms with Gasteiger partial charge in [-0.25, -0.2) is 9.59 Å². The van der Waals surface area contributed by atoms with E-state index in [1.807, 2.05) is 27.7 Å². The first-order chi connectivity index (χ1) is 9.63. The van der Waals surface area contributed by atoms with Gasteiger partial charge in [0, 0.05) is 13.6 Å². The van der Waals surface area contributed by atoms with Crippen molar-refractivity contribution in [2.45, 2.75) is 40.2 Å². The number of carbonyl (C=O) groups is 3. The lowest BCUT2D eigenvalue weighted by Gasteiger charge is -2.22. The average molecular weight is 301 g/mol. The van der Waals surface area contributed by atoms with Crippen LogP contribution in [-0.4, -0.2) is 54.1 Å². The van der Waals surface area contributed by atoms with Crippen LogP contribution >= 0.6 is 0 Å². The van der Waals surface area contributed by atoms with E-state index in [9.17, 15) is 14.4 Å². The van der Waals surface area contributed by atoms with Gasteiger partial charge in [-0.15, -0.1) is 0 Å². The molecule has 0 unspecified atom stereocenters. The SMILES string of the molecule is CC(C)CNC(=O)CN(C)C(=O)N[C@H](CC(C)C)C(=O)O. The molecule has 0 heterocycles. The van der Waals surface area contributed by atoms with Crippen LogP contribution in [0.15, 0.2) is 0 Å². The normalized spacial score (nSPS) is 12.1. The molecule has 3 N–H and O–H groups in total. The number of nitrogens with one attached hydrogen (secondary N) is 2. The third-order valence-corrected chi connectivity index (χ3v) is 2.74. The van der Waals surface area contributed by atoms with Gasteiger partial charge in [-0.2, -0.15) is 0 Å². The molecule has 0 aromatic carbocycles. The summed E-state index contributed by atoms with van der Waals surface area (Å²) in [6, 6.07) is -1.51. The number of urea groups is 1. The second-order valence-corrected chi connectivity index (χ2v) is 6.02.